The van der Waals surface area contributed by atoms with Gasteiger partial charge in [0, 0.05) is 6.42 Å². The molecule has 0 rings (SSSR count). The number of carbonyl (C=O) groups excluding carboxylic acids is 2. The topological polar surface area (TPSA) is 34.1 Å². The molecule has 82 valence electrons. The van der Waals surface area contributed by atoms with Crippen LogP contribution in [0.25, 0.3) is 0 Å². The van der Waals surface area contributed by atoms with E-state index in [0.717, 1.165) is 0 Å². The zero-order valence-electron chi connectivity index (χ0n) is 8.36. The molecule has 0 aliphatic heterocycles. The minimum absolute atomic E-state index is 0.332. The van der Waals surface area contributed by atoms with Gasteiger partial charge in [-0.3, -0.25) is 0 Å². The molecule has 0 bridgehead atoms. The predicted octanol–water partition coefficient (Wildman–Crippen LogP) is 2.27. The fraction of sp³-hybridized carbons (Fsp3) is 0.750. The van der Waals surface area contributed by atoms with Crippen LogP contribution in [0.5, 0.6) is 0 Å². The lowest BCUT2D eigenvalue weighted by Crippen LogP contribution is -2.47. The second-order valence-corrected chi connectivity index (χ2v) is 8.13. The van der Waals surface area contributed by atoms with E-state index in [1.54, 1.807) is 0 Å². The van der Waals surface area contributed by atoms with Crippen molar-refractivity contribution in [2.24, 2.45) is 0 Å². The molecule has 14 heavy (non-hydrogen) atoms. The van der Waals surface area contributed by atoms with Gasteiger partial charge in [0.15, 0.2) is 0 Å². The van der Waals surface area contributed by atoms with Gasteiger partial charge < -0.3 is 9.59 Å². The van der Waals surface area contributed by atoms with Crippen LogP contribution in [0.1, 0.15) is 20.3 Å². The van der Waals surface area contributed by atoms with E-state index in [1.165, 1.54) is 20.4 Å². The van der Waals surface area contributed by atoms with Crippen LogP contribution in [0.4, 0.5) is 13.2 Å². The van der Waals surface area contributed by atoms with Crippen LogP contribution in [-0.4, -0.2) is 25.1 Å². The molecule has 2 nitrogen and oxygen atoms in total. The monoisotopic (exact) mass is 226 g/mol. The Bertz CT molecular complexity index is 233. The van der Waals surface area contributed by atoms with Crippen LogP contribution in [0.15, 0.2) is 0 Å². The van der Waals surface area contributed by atoms with Crippen molar-refractivity contribution in [3.05, 3.63) is 0 Å². The fourth-order valence-electron chi connectivity index (χ4n) is 0.992. The number of alkyl halides is 3. The normalized spacial score (nSPS) is 12.7. The number of carbonyl (C=O) groups is 2. The first kappa shape index (κ1) is 13.3. The SMILES string of the molecule is CC(=O)[Si](C)(CCC(F)(F)F)C(C)=O. The van der Waals surface area contributed by atoms with Crippen LogP contribution >= 0.6 is 0 Å². The van der Waals surface area contributed by atoms with Gasteiger partial charge in [-0.2, -0.15) is 13.2 Å². The molecule has 6 heteroatoms. The van der Waals surface area contributed by atoms with E-state index in [2.05, 4.69) is 0 Å². The van der Waals surface area contributed by atoms with Gasteiger partial charge in [0.2, 0.25) is 8.07 Å². The molecule has 0 N–H and O–H groups in total. The molecule has 0 aliphatic carbocycles. The van der Waals surface area contributed by atoms with Gasteiger partial charge in [-0.15, -0.1) is 0 Å². The Morgan fingerprint density at radius 3 is 1.71 bits per heavy atom. The van der Waals surface area contributed by atoms with Gasteiger partial charge in [-0.25, -0.2) is 0 Å². The lowest BCUT2D eigenvalue weighted by molar-refractivity contribution is -0.131. The highest BCUT2D eigenvalue weighted by Gasteiger charge is 2.42. The Morgan fingerprint density at radius 1 is 1.14 bits per heavy atom. The van der Waals surface area contributed by atoms with Crippen molar-refractivity contribution in [1.29, 1.82) is 0 Å². The Labute approximate surface area is 81.5 Å². The highest BCUT2D eigenvalue weighted by atomic mass is 28.3. The van der Waals surface area contributed by atoms with E-state index in [-0.39, 0.29) is 16.9 Å². The Hall–Kier alpha value is -0.653. The van der Waals surface area contributed by atoms with Crippen molar-refractivity contribution >= 4 is 18.9 Å². The number of halogens is 3. The van der Waals surface area contributed by atoms with E-state index in [1.807, 2.05) is 0 Å². The van der Waals surface area contributed by atoms with Crippen LogP contribution in [0, 0.1) is 0 Å². The first-order chi connectivity index (χ1) is 6.09. The van der Waals surface area contributed by atoms with Crippen molar-refractivity contribution in [3.63, 3.8) is 0 Å². The van der Waals surface area contributed by atoms with E-state index >= 15 is 0 Å². The quantitative estimate of drug-likeness (QED) is 0.689. The van der Waals surface area contributed by atoms with Gasteiger partial charge in [0.05, 0.1) is 0 Å². The van der Waals surface area contributed by atoms with Gasteiger partial charge in [-0.05, 0) is 19.9 Å². The zero-order valence-corrected chi connectivity index (χ0v) is 9.36. The molecule has 0 fully saturated rings. The van der Waals surface area contributed by atoms with E-state index in [0.29, 0.717) is 0 Å². The molecule has 0 aliphatic rings. The summed E-state index contributed by atoms with van der Waals surface area (Å²) in [6.45, 7) is 3.79. The predicted molar refractivity (Wildman–Crippen MR) is 48.5 cm³/mol. The first-order valence-electron chi connectivity index (χ1n) is 4.18. The van der Waals surface area contributed by atoms with Crippen molar-refractivity contribution in [1.82, 2.24) is 0 Å². The van der Waals surface area contributed by atoms with Crippen molar-refractivity contribution in [2.45, 2.75) is 39.0 Å². The van der Waals surface area contributed by atoms with E-state index in [9.17, 15) is 22.8 Å². The molecule has 0 heterocycles. The summed E-state index contributed by atoms with van der Waals surface area (Å²) < 4.78 is 35.7. The summed E-state index contributed by atoms with van der Waals surface area (Å²) in [5, 5.41) is -0.761. The lowest BCUT2D eigenvalue weighted by Gasteiger charge is -2.20. The maximum absolute atomic E-state index is 11.9. The van der Waals surface area contributed by atoms with Crippen LogP contribution in [-0.2, 0) is 9.59 Å². The number of rotatable bonds is 4. The second-order valence-electron chi connectivity index (χ2n) is 3.56. The summed E-state index contributed by atoms with van der Waals surface area (Å²) in [5.74, 6) is 0. The third kappa shape index (κ3) is 3.61. The highest BCUT2D eigenvalue weighted by Crippen LogP contribution is 2.26. The summed E-state index contributed by atoms with van der Waals surface area (Å²) in [5.41, 5.74) is 0. The number of hydrogen-bond acceptors (Lipinski definition) is 2. The molecular weight excluding hydrogens is 213 g/mol. The standard InChI is InChI=1S/C8H13F3O2Si/c1-6(12)14(3,7(2)13)5-4-8(9,10)11/h4-5H2,1-3H3. The largest absolute Gasteiger partial charge is 0.388 e. The van der Waals surface area contributed by atoms with Crippen LogP contribution in [0.3, 0.4) is 0 Å². The maximum Gasteiger partial charge on any atom is 0.388 e. The number of hydrogen-bond donors (Lipinski definition) is 0. The summed E-state index contributed by atoms with van der Waals surface area (Å²) in [6.07, 6.45) is -5.34. The summed E-state index contributed by atoms with van der Waals surface area (Å²) in [4.78, 5) is 22.2. The maximum atomic E-state index is 11.9. The molecule has 0 atom stereocenters. The molecule has 0 saturated heterocycles. The fourth-order valence-corrected chi connectivity index (χ4v) is 2.98. The molecule has 0 unspecified atom stereocenters. The average molecular weight is 226 g/mol. The summed E-state index contributed by atoms with van der Waals surface area (Å²) in [6, 6.07) is -0.332. The Balaban J connectivity index is 4.56. The van der Waals surface area contributed by atoms with Gasteiger partial charge >= 0.3 is 6.18 Å². The molecule has 0 amide bonds. The molecule has 0 aromatic carbocycles. The van der Waals surface area contributed by atoms with Crippen molar-refractivity contribution in [3.8, 4) is 0 Å². The first-order valence-corrected chi connectivity index (χ1v) is 6.89. The van der Waals surface area contributed by atoms with Crippen LogP contribution < -0.4 is 0 Å². The van der Waals surface area contributed by atoms with Gasteiger partial charge in [0.1, 0.15) is 10.8 Å². The van der Waals surface area contributed by atoms with E-state index < -0.39 is 20.7 Å². The Kier molecular flexibility index (Phi) is 4.05. The summed E-state index contributed by atoms with van der Waals surface area (Å²) >= 11 is 0. The van der Waals surface area contributed by atoms with Crippen molar-refractivity contribution < 1.29 is 22.8 Å². The lowest BCUT2D eigenvalue weighted by atomic mass is 10.5. The average Bonchev–Trinajstić information content (AvgIpc) is 1.97. The molecule has 0 radical (unpaired) electrons. The summed E-state index contributed by atoms with van der Waals surface area (Å²) in [7, 11) is -3.01. The molecule has 0 spiro atoms. The van der Waals surface area contributed by atoms with Gasteiger partial charge in [-0.1, -0.05) is 6.55 Å². The molecule has 0 aromatic rings. The third-order valence-corrected chi connectivity index (χ3v) is 6.82. The Morgan fingerprint density at radius 2 is 1.50 bits per heavy atom. The van der Waals surface area contributed by atoms with Crippen molar-refractivity contribution in [2.75, 3.05) is 0 Å². The molecule has 0 aromatic heterocycles. The van der Waals surface area contributed by atoms with Crippen LogP contribution in [0.2, 0.25) is 12.6 Å². The smallest absolute Gasteiger partial charge is 0.305 e. The van der Waals surface area contributed by atoms with E-state index in [4.69, 9.17) is 0 Å². The minimum Gasteiger partial charge on any atom is -0.305 e. The zero-order chi connectivity index (χ0) is 11.6. The molecule has 0 saturated carbocycles. The minimum atomic E-state index is -4.29. The second kappa shape index (κ2) is 4.25. The third-order valence-electron chi connectivity index (χ3n) is 2.46. The highest BCUT2D eigenvalue weighted by molar-refractivity contribution is 7.24. The molecular formula is C8H13F3O2Si. The van der Waals surface area contributed by atoms with Gasteiger partial charge in [0.25, 0.3) is 0 Å².